The summed E-state index contributed by atoms with van der Waals surface area (Å²) in [5.41, 5.74) is 4.14. The normalized spacial score (nSPS) is 20.1. The van der Waals surface area contributed by atoms with Crippen molar-refractivity contribution in [1.29, 1.82) is 0 Å². The lowest BCUT2D eigenvalue weighted by molar-refractivity contribution is 0.459. The Morgan fingerprint density at radius 2 is 2.08 bits per heavy atom. The smallest absolute Gasteiger partial charge is 0.194 e. The first-order valence-corrected chi connectivity index (χ1v) is 8.78. The zero-order valence-electron chi connectivity index (χ0n) is 15.2. The minimum atomic E-state index is 0.493. The van der Waals surface area contributed by atoms with Crippen LogP contribution in [0.3, 0.4) is 0 Å². The molecule has 3 rings (SSSR count). The topological polar surface area (TPSA) is 32.6 Å². The largest absolute Gasteiger partial charge is 0.353 e. The number of nitrogens with one attached hydrogen (secondary N) is 1. The molecular formula is C20H28N4. The molecule has 1 aromatic heterocycles. The highest BCUT2D eigenvalue weighted by atomic mass is 15.3. The van der Waals surface area contributed by atoms with Crippen LogP contribution >= 0.6 is 0 Å². The summed E-state index contributed by atoms with van der Waals surface area (Å²) in [6, 6.07) is 13.4. The van der Waals surface area contributed by atoms with Gasteiger partial charge in [0, 0.05) is 44.5 Å². The molecule has 128 valence electrons. The van der Waals surface area contributed by atoms with Crippen LogP contribution < -0.4 is 5.32 Å². The summed E-state index contributed by atoms with van der Waals surface area (Å²) in [4.78, 5) is 6.90. The Labute approximate surface area is 145 Å². The summed E-state index contributed by atoms with van der Waals surface area (Å²) < 4.78 is 2.16. The molecule has 1 aliphatic rings. The predicted molar refractivity (Wildman–Crippen MR) is 100 cm³/mol. The van der Waals surface area contributed by atoms with Crippen molar-refractivity contribution < 1.29 is 0 Å². The first-order valence-electron chi connectivity index (χ1n) is 8.78. The lowest BCUT2D eigenvalue weighted by atomic mass is 10.0. The van der Waals surface area contributed by atoms with E-state index in [9.17, 15) is 0 Å². The van der Waals surface area contributed by atoms with E-state index in [1.54, 1.807) is 0 Å². The van der Waals surface area contributed by atoms with Gasteiger partial charge in [-0.05, 0) is 43.5 Å². The van der Waals surface area contributed by atoms with Crippen molar-refractivity contribution in [2.45, 2.75) is 38.8 Å². The molecule has 0 aliphatic heterocycles. The highest BCUT2D eigenvalue weighted by Gasteiger charge is 2.40. The summed E-state index contributed by atoms with van der Waals surface area (Å²) in [5, 5.41) is 3.67. The van der Waals surface area contributed by atoms with Gasteiger partial charge < -0.3 is 14.8 Å². The number of aliphatic imine (C=N–C) groups is 1. The Morgan fingerprint density at radius 1 is 1.29 bits per heavy atom. The molecule has 2 unspecified atom stereocenters. The molecule has 1 heterocycles. The van der Waals surface area contributed by atoms with Gasteiger partial charge in [0.2, 0.25) is 0 Å². The zero-order chi connectivity index (χ0) is 17.1. The second kappa shape index (κ2) is 7.12. The third-order valence-corrected chi connectivity index (χ3v) is 4.81. The summed E-state index contributed by atoms with van der Waals surface area (Å²) >= 11 is 0. The van der Waals surface area contributed by atoms with Gasteiger partial charge in [-0.1, -0.05) is 24.3 Å². The fourth-order valence-corrected chi connectivity index (χ4v) is 3.27. The van der Waals surface area contributed by atoms with E-state index >= 15 is 0 Å². The van der Waals surface area contributed by atoms with E-state index in [1.165, 1.54) is 23.2 Å². The van der Waals surface area contributed by atoms with Crippen LogP contribution in [0.1, 0.15) is 36.1 Å². The van der Waals surface area contributed by atoms with Crippen LogP contribution in [0.4, 0.5) is 0 Å². The van der Waals surface area contributed by atoms with E-state index in [-0.39, 0.29) is 0 Å². The Morgan fingerprint density at radius 3 is 2.75 bits per heavy atom. The average Bonchev–Trinajstić information content (AvgIpc) is 3.21. The van der Waals surface area contributed by atoms with E-state index in [1.807, 2.05) is 0 Å². The number of hydrogen-bond acceptors (Lipinski definition) is 1. The van der Waals surface area contributed by atoms with Gasteiger partial charge >= 0.3 is 0 Å². The van der Waals surface area contributed by atoms with Gasteiger partial charge in [0.25, 0.3) is 0 Å². The van der Waals surface area contributed by atoms with Crippen LogP contribution in [0.5, 0.6) is 0 Å². The first kappa shape index (κ1) is 16.6. The number of guanidine groups is 1. The lowest BCUT2D eigenvalue weighted by Crippen LogP contribution is -2.40. The molecule has 0 radical (unpaired) electrons. The molecule has 0 bridgehead atoms. The van der Waals surface area contributed by atoms with E-state index in [4.69, 9.17) is 0 Å². The second-order valence-corrected chi connectivity index (χ2v) is 6.71. The average molecular weight is 324 g/mol. The SMILES string of the molecule is CCN=C(NC1CC1c1ccccc1C)N(C)Cc1cccn1C. The van der Waals surface area contributed by atoms with Crippen molar-refractivity contribution in [3.05, 3.63) is 59.4 Å². The fraction of sp³-hybridized carbons (Fsp3) is 0.450. The monoisotopic (exact) mass is 324 g/mol. The zero-order valence-corrected chi connectivity index (χ0v) is 15.2. The van der Waals surface area contributed by atoms with Crippen molar-refractivity contribution in [2.75, 3.05) is 13.6 Å². The van der Waals surface area contributed by atoms with Gasteiger partial charge in [-0.3, -0.25) is 4.99 Å². The molecular weight excluding hydrogens is 296 g/mol. The van der Waals surface area contributed by atoms with Crippen LogP contribution in [0.15, 0.2) is 47.6 Å². The minimum Gasteiger partial charge on any atom is -0.353 e. The van der Waals surface area contributed by atoms with Gasteiger partial charge in [-0.25, -0.2) is 0 Å². The van der Waals surface area contributed by atoms with Crippen LogP contribution in [-0.2, 0) is 13.6 Å². The van der Waals surface area contributed by atoms with Crippen molar-refractivity contribution in [3.63, 3.8) is 0 Å². The van der Waals surface area contributed by atoms with Crippen molar-refractivity contribution in [3.8, 4) is 0 Å². The maximum Gasteiger partial charge on any atom is 0.194 e. The van der Waals surface area contributed by atoms with Gasteiger partial charge in [0.15, 0.2) is 5.96 Å². The van der Waals surface area contributed by atoms with Gasteiger partial charge in [-0.15, -0.1) is 0 Å². The number of rotatable bonds is 5. The van der Waals surface area contributed by atoms with Gasteiger partial charge in [0.1, 0.15) is 0 Å². The van der Waals surface area contributed by atoms with E-state index < -0.39 is 0 Å². The standard InChI is InChI=1S/C20H28N4/c1-5-21-20(24(4)14-16-10-8-12-23(16)3)22-19-13-18(19)17-11-7-6-9-15(17)2/h6-12,18-19H,5,13-14H2,1-4H3,(H,21,22). The first-order chi connectivity index (χ1) is 11.6. The highest BCUT2D eigenvalue weighted by molar-refractivity contribution is 5.80. The van der Waals surface area contributed by atoms with Crippen LogP contribution in [0, 0.1) is 6.92 Å². The predicted octanol–water partition coefficient (Wildman–Crippen LogP) is 3.29. The third-order valence-electron chi connectivity index (χ3n) is 4.81. The summed E-state index contributed by atoms with van der Waals surface area (Å²) in [6.07, 6.45) is 3.27. The number of nitrogens with zero attached hydrogens (tertiary/aromatic N) is 3. The second-order valence-electron chi connectivity index (χ2n) is 6.71. The molecule has 1 aromatic carbocycles. The van der Waals surface area contributed by atoms with Gasteiger partial charge in [0.05, 0.1) is 6.54 Å². The molecule has 0 saturated heterocycles. The molecule has 1 fully saturated rings. The maximum absolute atomic E-state index is 4.69. The maximum atomic E-state index is 4.69. The van der Waals surface area contributed by atoms with Gasteiger partial charge in [-0.2, -0.15) is 0 Å². The van der Waals surface area contributed by atoms with Crippen LogP contribution in [0.2, 0.25) is 0 Å². The Hall–Kier alpha value is -2.23. The molecule has 4 heteroatoms. The van der Waals surface area contributed by atoms with E-state index in [2.05, 4.69) is 90.3 Å². The molecule has 0 amide bonds. The molecule has 1 saturated carbocycles. The Balaban J connectivity index is 1.64. The van der Waals surface area contributed by atoms with Crippen molar-refractivity contribution in [1.82, 2.24) is 14.8 Å². The molecule has 24 heavy (non-hydrogen) atoms. The third kappa shape index (κ3) is 3.64. The van der Waals surface area contributed by atoms with E-state index in [0.717, 1.165) is 19.0 Å². The molecule has 0 spiro atoms. The minimum absolute atomic E-state index is 0.493. The Kier molecular flexibility index (Phi) is 4.93. The van der Waals surface area contributed by atoms with Crippen LogP contribution in [0.25, 0.3) is 0 Å². The number of aryl methyl sites for hydroxylation is 2. The van der Waals surface area contributed by atoms with E-state index in [0.29, 0.717) is 12.0 Å². The number of aromatic nitrogens is 1. The summed E-state index contributed by atoms with van der Waals surface area (Å²) in [5.74, 6) is 1.61. The molecule has 1 aliphatic carbocycles. The molecule has 2 aromatic rings. The van der Waals surface area contributed by atoms with Crippen molar-refractivity contribution >= 4 is 5.96 Å². The fourth-order valence-electron chi connectivity index (χ4n) is 3.27. The Bertz CT molecular complexity index is 716. The lowest BCUT2D eigenvalue weighted by Gasteiger charge is -2.23. The summed E-state index contributed by atoms with van der Waals surface area (Å²) in [7, 11) is 4.20. The van der Waals surface area contributed by atoms with Crippen molar-refractivity contribution in [2.24, 2.45) is 12.0 Å². The number of benzene rings is 1. The summed E-state index contributed by atoms with van der Waals surface area (Å²) in [6.45, 7) is 5.94. The van der Waals surface area contributed by atoms with Crippen LogP contribution in [-0.4, -0.2) is 35.1 Å². The highest BCUT2D eigenvalue weighted by Crippen LogP contribution is 2.42. The molecule has 1 N–H and O–H groups in total. The molecule has 4 nitrogen and oxygen atoms in total. The molecule has 2 atom stereocenters. The quantitative estimate of drug-likeness (QED) is 0.676. The number of hydrogen-bond donors (Lipinski definition) is 1.